The third-order valence-electron chi connectivity index (χ3n) is 9.89. The van der Waals surface area contributed by atoms with Crippen LogP contribution in [0, 0.1) is 40.9 Å². The maximum absolute atomic E-state index is 13.5. The summed E-state index contributed by atoms with van der Waals surface area (Å²) in [5.41, 5.74) is 1.17. The van der Waals surface area contributed by atoms with E-state index in [0.717, 1.165) is 65.9 Å². The van der Waals surface area contributed by atoms with Gasteiger partial charge >= 0.3 is 0 Å². The number of thioether (sulfide) groups is 1. The van der Waals surface area contributed by atoms with Crippen molar-refractivity contribution in [3.63, 3.8) is 0 Å². The maximum atomic E-state index is 13.5. The van der Waals surface area contributed by atoms with Crippen molar-refractivity contribution >= 4 is 17.5 Å². The molecule has 4 saturated carbocycles. The first-order chi connectivity index (χ1) is 13.3. The standard InChI is InChI=1S/C25H38O2S/c1-15-10-13-28-23(15)22(26)21-7-6-20-19-5-4-16-14-24(2,27)11-8-17(16)18(19)9-12-25(20,21)3/h16-21,27H,4-14H2,1-3H3/t16-,17?,18-,19-,20+,21-,24-,25+/m1/s1. The molecule has 0 aromatic rings. The third-order valence-corrected chi connectivity index (χ3v) is 11.1. The van der Waals surface area contributed by atoms with Gasteiger partial charge in [-0.15, -0.1) is 11.8 Å². The van der Waals surface area contributed by atoms with E-state index in [4.69, 9.17) is 0 Å². The molecule has 28 heavy (non-hydrogen) atoms. The van der Waals surface area contributed by atoms with Crippen molar-refractivity contribution in [2.45, 2.75) is 90.6 Å². The number of allylic oxidation sites excluding steroid dienone is 2. The van der Waals surface area contributed by atoms with E-state index >= 15 is 0 Å². The summed E-state index contributed by atoms with van der Waals surface area (Å²) in [6, 6.07) is 0. The van der Waals surface area contributed by atoms with Crippen LogP contribution in [0.3, 0.4) is 0 Å². The van der Waals surface area contributed by atoms with Crippen LogP contribution in [0.2, 0.25) is 0 Å². The Morgan fingerprint density at radius 3 is 2.54 bits per heavy atom. The van der Waals surface area contributed by atoms with E-state index in [0.29, 0.717) is 5.78 Å². The lowest BCUT2D eigenvalue weighted by Crippen LogP contribution is -2.51. The smallest absolute Gasteiger partial charge is 0.172 e. The molecule has 0 aromatic heterocycles. The summed E-state index contributed by atoms with van der Waals surface area (Å²) in [6.45, 7) is 6.72. The van der Waals surface area contributed by atoms with Gasteiger partial charge in [-0.3, -0.25) is 4.79 Å². The number of carbonyl (C=O) groups excluding carboxylic acids is 1. The molecular weight excluding hydrogens is 364 g/mol. The fourth-order valence-corrected chi connectivity index (χ4v) is 9.74. The Balaban J connectivity index is 1.36. The monoisotopic (exact) mass is 402 g/mol. The van der Waals surface area contributed by atoms with E-state index < -0.39 is 5.60 Å². The number of hydrogen-bond donors (Lipinski definition) is 1. The Hall–Kier alpha value is -0.280. The number of aliphatic hydroxyl groups is 1. The van der Waals surface area contributed by atoms with E-state index in [1.54, 1.807) is 0 Å². The summed E-state index contributed by atoms with van der Waals surface area (Å²) in [5, 5.41) is 10.6. The highest BCUT2D eigenvalue weighted by molar-refractivity contribution is 8.04. The van der Waals surface area contributed by atoms with Crippen LogP contribution in [-0.2, 0) is 4.79 Å². The largest absolute Gasteiger partial charge is 0.390 e. The molecule has 8 atom stereocenters. The van der Waals surface area contributed by atoms with Crippen LogP contribution in [0.4, 0.5) is 0 Å². The zero-order valence-electron chi connectivity index (χ0n) is 18.0. The van der Waals surface area contributed by atoms with Crippen molar-refractivity contribution in [2.24, 2.45) is 40.9 Å². The molecule has 0 aromatic carbocycles. The normalized spacial score (nSPS) is 50.9. The van der Waals surface area contributed by atoms with Gasteiger partial charge in [0.2, 0.25) is 0 Å². The van der Waals surface area contributed by atoms with Crippen molar-refractivity contribution < 1.29 is 9.90 Å². The lowest BCUT2D eigenvalue weighted by molar-refractivity contribution is -0.128. The molecular formula is C25H38O2S. The second-order valence-corrected chi connectivity index (χ2v) is 12.5. The van der Waals surface area contributed by atoms with Gasteiger partial charge in [-0.2, -0.15) is 0 Å². The molecule has 0 saturated heterocycles. The van der Waals surface area contributed by atoms with E-state index in [-0.39, 0.29) is 11.3 Å². The predicted octanol–water partition coefficient (Wildman–Crippen LogP) is 5.99. The second-order valence-electron chi connectivity index (χ2n) is 11.4. The Morgan fingerprint density at radius 2 is 1.79 bits per heavy atom. The topological polar surface area (TPSA) is 37.3 Å². The zero-order valence-corrected chi connectivity index (χ0v) is 18.8. The van der Waals surface area contributed by atoms with Gasteiger partial charge in [0, 0.05) is 16.6 Å². The quantitative estimate of drug-likeness (QED) is 0.617. The van der Waals surface area contributed by atoms with Gasteiger partial charge < -0.3 is 5.11 Å². The van der Waals surface area contributed by atoms with Crippen LogP contribution in [0.25, 0.3) is 0 Å². The fourth-order valence-electron chi connectivity index (χ4n) is 8.49. The van der Waals surface area contributed by atoms with Gasteiger partial charge in [0.25, 0.3) is 0 Å². The number of carbonyl (C=O) groups is 1. The van der Waals surface area contributed by atoms with Crippen molar-refractivity contribution in [3.8, 4) is 0 Å². The minimum absolute atomic E-state index is 0.238. The van der Waals surface area contributed by atoms with Crippen LogP contribution in [-0.4, -0.2) is 22.2 Å². The summed E-state index contributed by atoms with van der Waals surface area (Å²) in [7, 11) is 0. The van der Waals surface area contributed by atoms with Crippen LogP contribution in [0.5, 0.6) is 0 Å². The zero-order chi connectivity index (χ0) is 19.7. The van der Waals surface area contributed by atoms with Gasteiger partial charge in [0.15, 0.2) is 5.78 Å². The summed E-state index contributed by atoms with van der Waals surface area (Å²) >= 11 is 1.83. The van der Waals surface area contributed by atoms with E-state index in [1.165, 1.54) is 44.1 Å². The predicted molar refractivity (Wildman–Crippen MR) is 116 cm³/mol. The summed E-state index contributed by atoms with van der Waals surface area (Å²) in [4.78, 5) is 14.6. The molecule has 1 aliphatic heterocycles. The molecule has 5 rings (SSSR count). The molecule has 0 amide bonds. The summed E-state index contributed by atoms with van der Waals surface area (Å²) in [6.07, 6.45) is 12.0. The molecule has 0 bridgehead atoms. The van der Waals surface area contributed by atoms with Crippen LogP contribution in [0.1, 0.15) is 85.0 Å². The van der Waals surface area contributed by atoms with Crippen LogP contribution in [0.15, 0.2) is 10.5 Å². The Morgan fingerprint density at radius 1 is 1.00 bits per heavy atom. The van der Waals surface area contributed by atoms with Crippen LogP contribution < -0.4 is 0 Å². The van der Waals surface area contributed by atoms with Crippen molar-refractivity contribution in [1.82, 2.24) is 0 Å². The van der Waals surface area contributed by atoms with E-state index in [2.05, 4.69) is 20.8 Å². The van der Waals surface area contributed by atoms with Crippen molar-refractivity contribution in [2.75, 3.05) is 5.75 Å². The van der Waals surface area contributed by atoms with E-state index in [1.807, 2.05) is 11.8 Å². The first-order valence-electron chi connectivity index (χ1n) is 11.9. The molecule has 4 aliphatic carbocycles. The average Bonchev–Trinajstić information content (AvgIpc) is 3.22. The molecule has 0 spiro atoms. The number of fused-ring (bicyclic) bond motifs is 5. The number of Topliss-reactive ketones (excluding diaryl/α,β-unsaturated/α-hetero) is 1. The Kier molecular flexibility index (Phi) is 4.83. The first kappa shape index (κ1) is 19.7. The highest BCUT2D eigenvalue weighted by atomic mass is 32.2. The summed E-state index contributed by atoms with van der Waals surface area (Å²) in [5.74, 6) is 5.94. The average molecular weight is 403 g/mol. The molecule has 3 heteroatoms. The second kappa shape index (κ2) is 6.87. The molecule has 1 N–H and O–H groups in total. The molecule has 5 aliphatic rings. The van der Waals surface area contributed by atoms with Gasteiger partial charge in [-0.05, 0) is 113 Å². The van der Waals surface area contributed by atoms with Gasteiger partial charge in [0.1, 0.15) is 0 Å². The minimum atomic E-state index is -0.424. The lowest BCUT2D eigenvalue weighted by atomic mass is 9.49. The highest BCUT2D eigenvalue weighted by Gasteiger charge is 2.59. The number of ketones is 1. The maximum Gasteiger partial charge on any atom is 0.172 e. The molecule has 1 heterocycles. The number of rotatable bonds is 2. The highest BCUT2D eigenvalue weighted by Crippen LogP contribution is 2.65. The summed E-state index contributed by atoms with van der Waals surface area (Å²) < 4.78 is 0. The lowest BCUT2D eigenvalue weighted by Gasteiger charge is -2.56. The molecule has 1 unspecified atom stereocenters. The van der Waals surface area contributed by atoms with Crippen molar-refractivity contribution in [1.29, 1.82) is 0 Å². The number of hydrogen-bond acceptors (Lipinski definition) is 3. The van der Waals surface area contributed by atoms with Gasteiger partial charge in [-0.25, -0.2) is 0 Å². The molecule has 0 radical (unpaired) electrons. The molecule has 2 nitrogen and oxygen atoms in total. The van der Waals surface area contributed by atoms with Gasteiger partial charge in [-0.1, -0.05) is 12.5 Å². The van der Waals surface area contributed by atoms with Gasteiger partial charge in [0.05, 0.1) is 5.60 Å². The third kappa shape index (κ3) is 2.97. The van der Waals surface area contributed by atoms with Crippen LogP contribution >= 0.6 is 11.8 Å². The minimum Gasteiger partial charge on any atom is -0.390 e. The fraction of sp³-hybridized carbons (Fsp3) is 0.880. The molecule has 156 valence electrons. The molecule has 4 fully saturated rings. The van der Waals surface area contributed by atoms with Crippen molar-refractivity contribution in [3.05, 3.63) is 10.5 Å². The van der Waals surface area contributed by atoms with E-state index in [9.17, 15) is 9.90 Å². The Labute approximate surface area is 175 Å². The Bertz CT molecular complexity index is 695. The first-order valence-corrected chi connectivity index (χ1v) is 12.9. The SMILES string of the molecule is CC1=C(C(=O)[C@H]2CC[C@H]3[C@@H]4CC[C@@H]5C[C@](C)(O)CCC5[C@H]4CC[C@]23C)SCC1.